The van der Waals surface area contributed by atoms with E-state index in [1.807, 2.05) is 43.3 Å². The molecule has 1 amide bonds. The van der Waals surface area contributed by atoms with E-state index in [9.17, 15) is 9.59 Å². The first-order valence-electron chi connectivity index (χ1n) is 7.09. The smallest absolute Gasteiger partial charge is 0.231 e. The molecular formula is C18H19NO2. The zero-order valence-electron chi connectivity index (χ0n) is 12.3. The standard InChI is InChI=1S/C18H19NO2/c1-3-15(14-9-5-4-6-10-14)18(21)19-17-12-8-7-11-16(17)13(2)20/h4-12,15H,3H2,1-2H3,(H,19,21)/t15-/m0/s1. The number of carbonyl (C=O) groups is 2. The Labute approximate surface area is 125 Å². The lowest BCUT2D eigenvalue weighted by molar-refractivity contribution is -0.117. The minimum atomic E-state index is -0.216. The summed E-state index contributed by atoms with van der Waals surface area (Å²) in [6.45, 7) is 3.48. The number of rotatable bonds is 5. The first kappa shape index (κ1) is 15.0. The number of anilines is 1. The molecule has 0 heterocycles. The van der Waals surface area contributed by atoms with Gasteiger partial charge in [-0.3, -0.25) is 9.59 Å². The van der Waals surface area contributed by atoms with Crippen LogP contribution in [0.1, 0.15) is 42.1 Å². The van der Waals surface area contributed by atoms with Gasteiger partial charge in [0.2, 0.25) is 5.91 Å². The first-order chi connectivity index (χ1) is 10.1. The Hall–Kier alpha value is -2.42. The van der Waals surface area contributed by atoms with Crippen molar-refractivity contribution in [2.45, 2.75) is 26.2 Å². The number of benzene rings is 2. The summed E-state index contributed by atoms with van der Waals surface area (Å²) >= 11 is 0. The van der Waals surface area contributed by atoms with Crippen LogP contribution in [0.5, 0.6) is 0 Å². The van der Waals surface area contributed by atoms with Gasteiger partial charge in [-0.2, -0.15) is 0 Å². The molecule has 0 unspecified atom stereocenters. The molecule has 0 radical (unpaired) electrons. The van der Waals surface area contributed by atoms with Crippen LogP contribution in [0.3, 0.4) is 0 Å². The van der Waals surface area contributed by atoms with Crippen LogP contribution in [0, 0.1) is 0 Å². The van der Waals surface area contributed by atoms with E-state index < -0.39 is 0 Å². The fourth-order valence-electron chi connectivity index (χ4n) is 2.38. The summed E-state index contributed by atoms with van der Waals surface area (Å²) in [7, 11) is 0. The molecule has 0 aliphatic heterocycles. The molecule has 2 rings (SSSR count). The highest BCUT2D eigenvalue weighted by molar-refractivity contribution is 6.05. The molecule has 3 nitrogen and oxygen atoms in total. The highest BCUT2D eigenvalue weighted by Crippen LogP contribution is 2.23. The minimum Gasteiger partial charge on any atom is -0.325 e. The Kier molecular flexibility index (Phi) is 4.88. The summed E-state index contributed by atoms with van der Waals surface area (Å²) in [6.07, 6.45) is 0.706. The molecule has 1 N–H and O–H groups in total. The van der Waals surface area contributed by atoms with Gasteiger partial charge in [0.15, 0.2) is 5.78 Å². The van der Waals surface area contributed by atoms with Crippen molar-refractivity contribution in [2.24, 2.45) is 0 Å². The van der Waals surface area contributed by atoms with Crippen LogP contribution in [0.15, 0.2) is 54.6 Å². The third kappa shape index (κ3) is 3.57. The van der Waals surface area contributed by atoms with Gasteiger partial charge >= 0.3 is 0 Å². The third-order valence-corrected chi connectivity index (χ3v) is 3.49. The molecule has 0 spiro atoms. The zero-order valence-corrected chi connectivity index (χ0v) is 12.3. The maximum Gasteiger partial charge on any atom is 0.231 e. The molecule has 0 bridgehead atoms. The Balaban J connectivity index is 2.23. The number of amides is 1. The van der Waals surface area contributed by atoms with E-state index >= 15 is 0 Å². The van der Waals surface area contributed by atoms with Crippen molar-refractivity contribution in [1.29, 1.82) is 0 Å². The lowest BCUT2D eigenvalue weighted by Crippen LogP contribution is -2.21. The van der Waals surface area contributed by atoms with Gasteiger partial charge in [0, 0.05) is 5.56 Å². The zero-order chi connectivity index (χ0) is 15.2. The van der Waals surface area contributed by atoms with Gasteiger partial charge in [-0.05, 0) is 31.0 Å². The summed E-state index contributed by atoms with van der Waals surface area (Å²) in [5.74, 6) is -0.359. The quantitative estimate of drug-likeness (QED) is 0.841. The molecule has 0 saturated heterocycles. The molecule has 1 atom stereocenters. The Morgan fingerprint density at radius 3 is 2.24 bits per heavy atom. The van der Waals surface area contributed by atoms with Gasteiger partial charge in [-0.15, -0.1) is 0 Å². The van der Waals surface area contributed by atoms with Gasteiger partial charge in [0.05, 0.1) is 11.6 Å². The first-order valence-corrected chi connectivity index (χ1v) is 7.09. The van der Waals surface area contributed by atoms with Gasteiger partial charge in [0.1, 0.15) is 0 Å². The van der Waals surface area contributed by atoms with Crippen molar-refractivity contribution in [1.82, 2.24) is 0 Å². The monoisotopic (exact) mass is 281 g/mol. The molecule has 0 fully saturated rings. The second-order valence-corrected chi connectivity index (χ2v) is 4.96. The number of nitrogens with one attached hydrogen (secondary N) is 1. The van der Waals surface area contributed by atoms with Crippen molar-refractivity contribution < 1.29 is 9.59 Å². The fraction of sp³-hybridized carbons (Fsp3) is 0.222. The molecule has 21 heavy (non-hydrogen) atoms. The topological polar surface area (TPSA) is 46.2 Å². The van der Waals surface area contributed by atoms with Crippen LogP contribution in [0.25, 0.3) is 0 Å². The second-order valence-electron chi connectivity index (χ2n) is 4.96. The average Bonchev–Trinajstić information content (AvgIpc) is 2.49. The van der Waals surface area contributed by atoms with Crippen LogP contribution in [0.4, 0.5) is 5.69 Å². The number of carbonyl (C=O) groups excluding carboxylic acids is 2. The van der Waals surface area contributed by atoms with E-state index in [1.54, 1.807) is 18.2 Å². The molecule has 3 heteroatoms. The highest BCUT2D eigenvalue weighted by Gasteiger charge is 2.19. The Morgan fingerprint density at radius 2 is 1.62 bits per heavy atom. The maximum atomic E-state index is 12.5. The van der Waals surface area contributed by atoms with Crippen LogP contribution >= 0.6 is 0 Å². The van der Waals surface area contributed by atoms with Crippen LogP contribution in [0.2, 0.25) is 0 Å². The summed E-state index contributed by atoms with van der Waals surface area (Å²) in [6, 6.07) is 16.8. The van der Waals surface area contributed by atoms with Crippen LogP contribution < -0.4 is 5.32 Å². The maximum absolute atomic E-state index is 12.5. The van der Waals surface area contributed by atoms with Gasteiger partial charge in [-0.25, -0.2) is 0 Å². The molecule has 2 aromatic rings. The second kappa shape index (κ2) is 6.84. The van der Waals surface area contributed by atoms with E-state index in [1.165, 1.54) is 6.92 Å². The van der Waals surface area contributed by atoms with E-state index in [0.29, 0.717) is 17.7 Å². The number of para-hydroxylation sites is 1. The van der Waals surface area contributed by atoms with Crippen molar-refractivity contribution in [2.75, 3.05) is 5.32 Å². The summed E-state index contributed by atoms with van der Waals surface area (Å²) < 4.78 is 0. The molecule has 108 valence electrons. The van der Waals surface area contributed by atoms with Gasteiger partial charge < -0.3 is 5.32 Å². The van der Waals surface area contributed by atoms with Crippen LogP contribution in [-0.2, 0) is 4.79 Å². The van der Waals surface area contributed by atoms with Crippen molar-refractivity contribution in [3.05, 3.63) is 65.7 Å². The molecule has 2 aromatic carbocycles. The molecular weight excluding hydrogens is 262 g/mol. The number of Topliss-reactive ketones (excluding diaryl/α,β-unsaturated/α-hetero) is 1. The van der Waals surface area contributed by atoms with Crippen molar-refractivity contribution in [3.8, 4) is 0 Å². The van der Waals surface area contributed by atoms with E-state index in [4.69, 9.17) is 0 Å². The average molecular weight is 281 g/mol. The van der Waals surface area contributed by atoms with Crippen molar-refractivity contribution >= 4 is 17.4 Å². The highest BCUT2D eigenvalue weighted by atomic mass is 16.2. The van der Waals surface area contributed by atoms with E-state index in [2.05, 4.69) is 5.32 Å². The largest absolute Gasteiger partial charge is 0.325 e. The van der Waals surface area contributed by atoms with Crippen molar-refractivity contribution in [3.63, 3.8) is 0 Å². The predicted octanol–water partition coefficient (Wildman–Crippen LogP) is 4.02. The lowest BCUT2D eigenvalue weighted by Gasteiger charge is -2.16. The number of hydrogen-bond acceptors (Lipinski definition) is 2. The number of hydrogen-bond donors (Lipinski definition) is 1. The summed E-state index contributed by atoms with van der Waals surface area (Å²) in [5, 5.41) is 2.88. The molecule has 0 saturated carbocycles. The Morgan fingerprint density at radius 1 is 1.00 bits per heavy atom. The van der Waals surface area contributed by atoms with Gasteiger partial charge in [-0.1, -0.05) is 49.4 Å². The molecule has 0 aliphatic rings. The van der Waals surface area contributed by atoms with Gasteiger partial charge in [0.25, 0.3) is 0 Å². The normalized spacial score (nSPS) is 11.7. The van der Waals surface area contributed by atoms with Crippen LogP contribution in [-0.4, -0.2) is 11.7 Å². The third-order valence-electron chi connectivity index (χ3n) is 3.49. The SMILES string of the molecule is CC[C@H](C(=O)Nc1ccccc1C(C)=O)c1ccccc1. The fourth-order valence-corrected chi connectivity index (χ4v) is 2.38. The van der Waals surface area contributed by atoms with E-state index in [-0.39, 0.29) is 17.6 Å². The molecule has 0 aliphatic carbocycles. The lowest BCUT2D eigenvalue weighted by atomic mass is 9.95. The Bertz CT molecular complexity index is 635. The van der Waals surface area contributed by atoms with E-state index in [0.717, 1.165) is 5.56 Å². The predicted molar refractivity (Wildman–Crippen MR) is 84.6 cm³/mol. The molecule has 0 aromatic heterocycles. The summed E-state index contributed by atoms with van der Waals surface area (Å²) in [4.78, 5) is 24.1. The summed E-state index contributed by atoms with van der Waals surface area (Å²) in [5.41, 5.74) is 2.09. The minimum absolute atomic E-state index is 0.0568. The number of ketones is 1.